The van der Waals surface area contributed by atoms with E-state index >= 15 is 0 Å². The minimum Gasteiger partial charge on any atom is -0.400 e. The summed E-state index contributed by atoms with van der Waals surface area (Å²) in [5, 5.41) is 7.00. The molecule has 0 heterocycles. The number of aliphatic hydroxyl groups is 1. The number of fused-ring (bicyclic) bond motifs is 3. The second-order valence-corrected chi connectivity index (χ2v) is 9.12. The minimum absolute atomic E-state index is 0.317. The Morgan fingerprint density at radius 1 is 0.688 bits per heavy atom. The molecule has 0 fully saturated rings. The van der Waals surface area contributed by atoms with Gasteiger partial charge in [-0.05, 0) is 41.2 Å². The molecule has 2 aromatic carbocycles. The van der Waals surface area contributed by atoms with Crippen molar-refractivity contribution in [2.24, 2.45) is 0 Å². The van der Waals surface area contributed by atoms with Crippen molar-refractivity contribution < 1.29 is 9.90 Å². The lowest BCUT2D eigenvalue weighted by Gasteiger charge is -2.06. The van der Waals surface area contributed by atoms with Crippen LogP contribution < -0.4 is 0 Å². The number of benzene rings is 2. The first-order valence-electron chi connectivity index (χ1n) is 13.0. The van der Waals surface area contributed by atoms with Crippen molar-refractivity contribution in [3.05, 3.63) is 59.2 Å². The second-order valence-electron chi connectivity index (χ2n) is 9.12. The summed E-state index contributed by atoms with van der Waals surface area (Å²) in [6, 6.07) is 14.9. The molecule has 1 aliphatic carbocycles. The van der Waals surface area contributed by atoms with E-state index in [1.807, 2.05) is 6.07 Å². The standard InChI is InChI=1S/C29H40O.CH4O/c1-2-3-4-5-6-7-8-9-10-11-12-13-14-19-29(30)25-20-21-28-26(23-25)22-24-17-15-16-18-27(24)28;1-2/h15-18,20-21,23H,2-14,19,22H2,1H3;2H,1H3. The highest BCUT2D eigenvalue weighted by atomic mass is 16.2. The van der Waals surface area contributed by atoms with Crippen LogP contribution >= 0.6 is 0 Å². The van der Waals surface area contributed by atoms with Crippen LogP contribution in [-0.4, -0.2) is 18.0 Å². The average Bonchev–Trinajstić information content (AvgIpc) is 3.21. The number of Topliss-reactive ketones (excluding diaryl/α,β-unsaturated/α-hetero) is 1. The Bertz CT molecular complexity index is 793. The monoisotopic (exact) mass is 436 g/mol. The van der Waals surface area contributed by atoms with Crippen LogP contribution in [0.5, 0.6) is 0 Å². The van der Waals surface area contributed by atoms with Gasteiger partial charge in [-0.15, -0.1) is 0 Å². The Labute approximate surface area is 196 Å². The molecule has 0 spiro atoms. The highest BCUT2D eigenvalue weighted by molar-refractivity contribution is 5.97. The fraction of sp³-hybridized carbons (Fsp3) is 0.567. The number of hydrogen-bond donors (Lipinski definition) is 1. The van der Waals surface area contributed by atoms with Crippen LogP contribution in [-0.2, 0) is 6.42 Å². The second kappa shape index (κ2) is 15.8. The van der Waals surface area contributed by atoms with Crippen LogP contribution in [0.15, 0.2) is 42.5 Å². The number of carbonyl (C=O) groups excluding carboxylic acids is 1. The summed E-state index contributed by atoms with van der Waals surface area (Å²) in [5.41, 5.74) is 6.24. The highest BCUT2D eigenvalue weighted by Crippen LogP contribution is 2.36. The molecule has 0 aromatic heterocycles. The number of carbonyl (C=O) groups is 1. The first-order valence-corrected chi connectivity index (χ1v) is 13.0. The van der Waals surface area contributed by atoms with Crippen molar-refractivity contribution in [3.8, 4) is 11.1 Å². The van der Waals surface area contributed by atoms with E-state index in [0.717, 1.165) is 25.5 Å². The van der Waals surface area contributed by atoms with E-state index in [4.69, 9.17) is 5.11 Å². The van der Waals surface area contributed by atoms with Crippen LogP contribution in [0.3, 0.4) is 0 Å². The number of ketones is 1. The lowest BCUT2D eigenvalue weighted by Crippen LogP contribution is -2.00. The van der Waals surface area contributed by atoms with Crippen molar-refractivity contribution in [2.75, 3.05) is 7.11 Å². The third-order valence-electron chi connectivity index (χ3n) is 6.62. The molecular weight excluding hydrogens is 392 g/mol. The molecule has 0 saturated heterocycles. The van der Waals surface area contributed by atoms with Gasteiger partial charge in [0.15, 0.2) is 5.78 Å². The lowest BCUT2D eigenvalue weighted by molar-refractivity contribution is 0.0979. The van der Waals surface area contributed by atoms with Crippen molar-refractivity contribution in [1.82, 2.24) is 0 Å². The smallest absolute Gasteiger partial charge is 0.162 e. The van der Waals surface area contributed by atoms with Crippen LogP contribution in [0.4, 0.5) is 0 Å². The Kier molecular flexibility index (Phi) is 13.0. The molecule has 0 unspecified atom stereocenters. The fourth-order valence-corrected chi connectivity index (χ4v) is 4.77. The molecule has 0 radical (unpaired) electrons. The van der Waals surface area contributed by atoms with E-state index in [1.165, 1.54) is 99.3 Å². The highest BCUT2D eigenvalue weighted by Gasteiger charge is 2.19. The summed E-state index contributed by atoms with van der Waals surface area (Å²) in [6.45, 7) is 2.28. The van der Waals surface area contributed by atoms with Gasteiger partial charge in [0.2, 0.25) is 0 Å². The molecule has 1 aliphatic rings. The molecule has 176 valence electrons. The maximum Gasteiger partial charge on any atom is 0.162 e. The maximum absolute atomic E-state index is 12.6. The topological polar surface area (TPSA) is 37.3 Å². The summed E-state index contributed by atoms with van der Waals surface area (Å²) in [6.07, 6.45) is 19.1. The number of rotatable bonds is 15. The molecule has 32 heavy (non-hydrogen) atoms. The van der Waals surface area contributed by atoms with E-state index in [2.05, 4.69) is 43.3 Å². The predicted molar refractivity (Wildman–Crippen MR) is 137 cm³/mol. The van der Waals surface area contributed by atoms with E-state index in [-0.39, 0.29) is 0 Å². The molecule has 3 rings (SSSR count). The fourth-order valence-electron chi connectivity index (χ4n) is 4.77. The molecule has 0 saturated carbocycles. The maximum atomic E-state index is 12.6. The van der Waals surface area contributed by atoms with Crippen molar-refractivity contribution >= 4 is 5.78 Å². The Morgan fingerprint density at radius 2 is 1.22 bits per heavy atom. The van der Waals surface area contributed by atoms with Crippen LogP contribution in [0.1, 0.15) is 118 Å². The van der Waals surface area contributed by atoms with Gasteiger partial charge >= 0.3 is 0 Å². The van der Waals surface area contributed by atoms with E-state index in [1.54, 1.807) is 0 Å². The molecule has 2 nitrogen and oxygen atoms in total. The molecule has 0 atom stereocenters. The van der Waals surface area contributed by atoms with Gasteiger partial charge in [0.25, 0.3) is 0 Å². The largest absolute Gasteiger partial charge is 0.400 e. The van der Waals surface area contributed by atoms with Gasteiger partial charge in [0.05, 0.1) is 0 Å². The Morgan fingerprint density at radius 3 is 1.84 bits per heavy atom. The molecule has 1 N–H and O–H groups in total. The zero-order valence-electron chi connectivity index (χ0n) is 20.5. The Hall–Kier alpha value is -1.93. The number of unbranched alkanes of at least 4 members (excludes halogenated alkanes) is 12. The van der Waals surface area contributed by atoms with Gasteiger partial charge in [-0.25, -0.2) is 0 Å². The summed E-state index contributed by atoms with van der Waals surface area (Å²) in [7, 11) is 1.00. The van der Waals surface area contributed by atoms with Crippen LogP contribution in [0, 0.1) is 0 Å². The van der Waals surface area contributed by atoms with E-state index < -0.39 is 0 Å². The van der Waals surface area contributed by atoms with Gasteiger partial charge in [-0.1, -0.05) is 120 Å². The molecule has 2 heteroatoms. The first-order chi connectivity index (χ1) is 15.8. The average molecular weight is 437 g/mol. The number of hydrogen-bond acceptors (Lipinski definition) is 2. The minimum atomic E-state index is 0.317. The van der Waals surface area contributed by atoms with Crippen molar-refractivity contribution in [2.45, 2.75) is 103 Å². The molecule has 0 bridgehead atoms. The Balaban J connectivity index is 0.00000176. The van der Waals surface area contributed by atoms with Gasteiger partial charge in [-0.2, -0.15) is 0 Å². The van der Waals surface area contributed by atoms with E-state index in [9.17, 15) is 4.79 Å². The molecular formula is C30H44O2. The van der Waals surface area contributed by atoms with Gasteiger partial charge < -0.3 is 5.11 Å². The summed E-state index contributed by atoms with van der Waals surface area (Å²) >= 11 is 0. The van der Waals surface area contributed by atoms with Gasteiger partial charge in [-0.3, -0.25) is 4.79 Å². The van der Waals surface area contributed by atoms with Gasteiger partial charge in [0.1, 0.15) is 0 Å². The number of aliphatic hydroxyl groups excluding tert-OH is 1. The van der Waals surface area contributed by atoms with E-state index in [0.29, 0.717) is 12.2 Å². The summed E-state index contributed by atoms with van der Waals surface area (Å²) < 4.78 is 0. The zero-order chi connectivity index (χ0) is 23.0. The first kappa shape index (κ1) is 26.3. The summed E-state index contributed by atoms with van der Waals surface area (Å²) in [5.74, 6) is 0.317. The lowest BCUT2D eigenvalue weighted by atomic mass is 9.98. The van der Waals surface area contributed by atoms with Crippen molar-refractivity contribution in [1.29, 1.82) is 0 Å². The SMILES string of the molecule is CCCCCCCCCCCCCCCC(=O)c1ccc2c(c1)Cc1ccccc1-2.CO. The predicted octanol–water partition coefficient (Wildman–Crippen LogP) is 8.53. The molecule has 0 amide bonds. The molecule has 0 aliphatic heterocycles. The third kappa shape index (κ3) is 8.54. The quantitative estimate of drug-likeness (QED) is 0.191. The summed E-state index contributed by atoms with van der Waals surface area (Å²) in [4.78, 5) is 12.6. The van der Waals surface area contributed by atoms with Crippen molar-refractivity contribution in [3.63, 3.8) is 0 Å². The normalized spacial score (nSPS) is 11.5. The van der Waals surface area contributed by atoms with Gasteiger partial charge in [0, 0.05) is 19.1 Å². The molecule has 2 aromatic rings. The zero-order valence-corrected chi connectivity index (χ0v) is 20.5. The van der Waals surface area contributed by atoms with Crippen LogP contribution in [0.2, 0.25) is 0 Å². The third-order valence-corrected chi connectivity index (χ3v) is 6.62. The van der Waals surface area contributed by atoms with Crippen LogP contribution in [0.25, 0.3) is 11.1 Å².